The van der Waals surface area contributed by atoms with Gasteiger partial charge in [-0.25, -0.2) is 0 Å². The van der Waals surface area contributed by atoms with Crippen LogP contribution in [-0.4, -0.2) is 31.1 Å². The minimum atomic E-state index is -0.652. The molecule has 0 spiro atoms. The molecule has 0 aliphatic carbocycles. The molecule has 2 aromatic rings. The van der Waals surface area contributed by atoms with Crippen molar-refractivity contribution in [3.63, 3.8) is 0 Å². The fourth-order valence-electron chi connectivity index (χ4n) is 3.95. The summed E-state index contributed by atoms with van der Waals surface area (Å²) in [5.41, 5.74) is 2.39. The predicted octanol–water partition coefficient (Wildman–Crippen LogP) is 4.37. The van der Waals surface area contributed by atoms with Crippen LogP contribution < -0.4 is 4.74 Å². The van der Waals surface area contributed by atoms with Crippen LogP contribution in [-0.2, 0) is 16.9 Å². The topological polar surface area (TPSA) is 21.7 Å². The van der Waals surface area contributed by atoms with Crippen LogP contribution in [0, 0.1) is 0 Å². The van der Waals surface area contributed by atoms with Crippen LogP contribution >= 0.6 is 0 Å². The van der Waals surface area contributed by atoms with Crippen molar-refractivity contribution in [3.05, 3.63) is 65.7 Å². The van der Waals surface area contributed by atoms with Gasteiger partial charge in [-0.15, -0.1) is 0 Å². The molecular weight excluding hydrogens is 310 g/mol. The molecule has 0 radical (unpaired) electrons. The highest BCUT2D eigenvalue weighted by Crippen LogP contribution is 2.40. The second-order valence-electron chi connectivity index (χ2n) is 7.08. The van der Waals surface area contributed by atoms with Crippen molar-refractivity contribution in [1.29, 1.82) is 0 Å². The molecule has 1 unspecified atom stereocenters. The van der Waals surface area contributed by atoms with Gasteiger partial charge in [0.25, 0.3) is 0 Å². The van der Waals surface area contributed by atoms with Gasteiger partial charge in [0, 0.05) is 18.5 Å². The Morgan fingerprint density at radius 2 is 1.72 bits per heavy atom. The zero-order chi connectivity index (χ0) is 17.0. The van der Waals surface area contributed by atoms with Crippen molar-refractivity contribution in [2.24, 2.45) is 0 Å². The van der Waals surface area contributed by atoms with Gasteiger partial charge in [-0.05, 0) is 50.4 Å². The third-order valence-electron chi connectivity index (χ3n) is 5.34. The van der Waals surface area contributed by atoms with Gasteiger partial charge < -0.3 is 14.4 Å². The van der Waals surface area contributed by atoms with Crippen LogP contribution in [0.1, 0.15) is 36.8 Å². The van der Waals surface area contributed by atoms with Crippen molar-refractivity contribution in [1.82, 2.24) is 4.90 Å². The quantitative estimate of drug-likeness (QED) is 0.731. The molecule has 2 aromatic carbocycles. The Morgan fingerprint density at radius 3 is 2.56 bits per heavy atom. The normalized spacial score (nSPS) is 23.2. The molecule has 1 saturated heterocycles. The zero-order valence-electron chi connectivity index (χ0n) is 14.8. The molecule has 0 N–H and O–H groups in total. The molecule has 4 rings (SSSR count). The molecule has 2 heterocycles. The lowest BCUT2D eigenvalue weighted by molar-refractivity contribution is -0.203. The largest absolute Gasteiger partial charge is 0.458 e. The molecule has 25 heavy (non-hydrogen) atoms. The average molecular weight is 337 g/mol. The van der Waals surface area contributed by atoms with E-state index in [1.807, 2.05) is 12.1 Å². The van der Waals surface area contributed by atoms with Gasteiger partial charge in [0.2, 0.25) is 5.79 Å². The number of hydrogen-bond donors (Lipinski definition) is 0. The Kier molecular flexibility index (Phi) is 5.04. The first-order valence-corrected chi connectivity index (χ1v) is 9.54. The van der Waals surface area contributed by atoms with Crippen LogP contribution in [0.25, 0.3) is 0 Å². The van der Waals surface area contributed by atoms with Crippen LogP contribution in [0.3, 0.4) is 0 Å². The molecule has 3 nitrogen and oxygen atoms in total. The Balaban J connectivity index is 1.47. The third kappa shape index (κ3) is 3.73. The lowest BCUT2D eigenvalue weighted by atomic mass is 9.94. The highest BCUT2D eigenvalue weighted by atomic mass is 16.7. The van der Waals surface area contributed by atoms with Crippen LogP contribution in [0.5, 0.6) is 5.75 Å². The molecule has 132 valence electrons. The van der Waals surface area contributed by atoms with Crippen LogP contribution in [0.15, 0.2) is 54.6 Å². The monoisotopic (exact) mass is 337 g/mol. The van der Waals surface area contributed by atoms with Gasteiger partial charge >= 0.3 is 0 Å². The van der Waals surface area contributed by atoms with Crippen LogP contribution in [0.2, 0.25) is 0 Å². The molecule has 1 fully saturated rings. The minimum absolute atomic E-state index is 0.652. The summed E-state index contributed by atoms with van der Waals surface area (Å²) in [6, 6.07) is 18.7. The molecule has 2 aliphatic heterocycles. The van der Waals surface area contributed by atoms with E-state index in [2.05, 4.69) is 47.4 Å². The van der Waals surface area contributed by atoms with E-state index in [1.54, 1.807) is 0 Å². The maximum Gasteiger partial charge on any atom is 0.237 e. The predicted molar refractivity (Wildman–Crippen MR) is 99.8 cm³/mol. The van der Waals surface area contributed by atoms with E-state index in [-0.39, 0.29) is 0 Å². The molecule has 1 atom stereocenters. The molecule has 3 heteroatoms. The summed E-state index contributed by atoms with van der Waals surface area (Å²) in [6.07, 6.45) is 5.58. The van der Waals surface area contributed by atoms with Gasteiger partial charge in [0.1, 0.15) is 5.75 Å². The maximum atomic E-state index is 6.44. The van der Waals surface area contributed by atoms with Gasteiger partial charge in [0.15, 0.2) is 0 Å². The lowest BCUT2D eigenvalue weighted by Crippen LogP contribution is -2.40. The molecule has 0 aromatic heterocycles. The molecule has 0 saturated carbocycles. The van der Waals surface area contributed by atoms with Crippen molar-refractivity contribution >= 4 is 0 Å². The summed E-state index contributed by atoms with van der Waals surface area (Å²) in [5.74, 6) is 0.304. The van der Waals surface area contributed by atoms with Crippen molar-refractivity contribution in [3.8, 4) is 5.75 Å². The average Bonchev–Trinajstić information content (AvgIpc) is 3.19. The standard InChI is InChI=1S/C22H27NO2/c1-2-10-20(11-3-1)22(24-18-8-17-23-15-6-7-16-23)14-13-19-9-4-5-12-21(19)25-22/h1-5,9-12H,6-8,13-18H2. The fourth-order valence-corrected chi connectivity index (χ4v) is 3.95. The summed E-state index contributed by atoms with van der Waals surface area (Å²) in [5, 5.41) is 0. The first-order valence-electron chi connectivity index (χ1n) is 9.54. The molecular formula is C22H27NO2. The molecule has 0 bridgehead atoms. The number of para-hydroxylation sites is 1. The summed E-state index contributed by atoms with van der Waals surface area (Å²) >= 11 is 0. The Morgan fingerprint density at radius 1 is 0.960 bits per heavy atom. The first-order chi connectivity index (χ1) is 12.4. The fraction of sp³-hybridized carbons (Fsp3) is 0.455. The third-order valence-corrected chi connectivity index (χ3v) is 5.34. The van der Waals surface area contributed by atoms with Gasteiger partial charge in [-0.1, -0.05) is 48.5 Å². The first kappa shape index (κ1) is 16.6. The SMILES string of the molecule is c1ccc(C2(OCCCN3CCCC3)CCc3ccccc3O2)cc1. The number of rotatable bonds is 6. The van der Waals surface area contributed by atoms with Crippen molar-refractivity contribution < 1.29 is 9.47 Å². The Hall–Kier alpha value is -1.84. The Bertz CT molecular complexity index is 681. The Labute approximate surface area is 150 Å². The molecule has 2 aliphatic rings. The maximum absolute atomic E-state index is 6.44. The number of benzene rings is 2. The number of likely N-dealkylation sites (tertiary alicyclic amines) is 1. The van der Waals surface area contributed by atoms with Gasteiger partial charge in [-0.2, -0.15) is 0 Å². The summed E-state index contributed by atoms with van der Waals surface area (Å²) in [6.45, 7) is 4.34. The van der Waals surface area contributed by atoms with Crippen molar-refractivity contribution in [2.75, 3.05) is 26.2 Å². The van der Waals surface area contributed by atoms with E-state index in [1.165, 1.54) is 31.5 Å². The number of nitrogens with zero attached hydrogens (tertiary/aromatic N) is 1. The second-order valence-corrected chi connectivity index (χ2v) is 7.08. The lowest BCUT2D eigenvalue weighted by Gasteiger charge is -2.39. The highest BCUT2D eigenvalue weighted by Gasteiger charge is 2.39. The highest BCUT2D eigenvalue weighted by molar-refractivity contribution is 5.37. The van der Waals surface area contributed by atoms with E-state index >= 15 is 0 Å². The number of ether oxygens (including phenoxy) is 2. The van der Waals surface area contributed by atoms with Gasteiger partial charge in [0.05, 0.1) is 6.61 Å². The summed E-state index contributed by atoms with van der Waals surface area (Å²) < 4.78 is 12.9. The van der Waals surface area contributed by atoms with Gasteiger partial charge in [-0.3, -0.25) is 0 Å². The number of hydrogen-bond acceptors (Lipinski definition) is 3. The second kappa shape index (κ2) is 7.59. The summed E-state index contributed by atoms with van der Waals surface area (Å²) in [7, 11) is 0. The molecule has 0 amide bonds. The smallest absolute Gasteiger partial charge is 0.237 e. The minimum Gasteiger partial charge on any atom is -0.458 e. The van der Waals surface area contributed by atoms with E-state index in [0.717, 1.165) is 43.7 Å². The van der Waals surface area contributed by atoms with E-state index in [0.29, 0.717) is 0 Å². The van der Waals surface area contributed by atoms with E-state index in [4.69, 9.17) is 9.47 Å². The van der Waals surface area contributed by atoms with E-state index in [9.17, 15) is 0 Å². The van der Waals surface area contributed by atoms with E-state index < -0.39 is 5.79 Å². The summed E-state index contributed by atoms with van der Waals surface area (Å²) in [4.78, 5) is 2.54. The number of fused-ring (bicyclic) bond motifs is 1. The van der Waals surface area contributed by atoms with Crippen LogP contribution in [0.4, 0.5) is 0 Å². The zero-order valence-corrected chi connectivity index (χ0v) is 14.8. The van der Waals surface area contributed by atoms with Crippen molar-refractivity contribution in [2.45, 2.75) is 37.9 Å². The number of aryl methyl sites for hydroxylation is 1.